The van der Waals surface area contributed by atoms with Crippen LogP contribution in [0.2, 0.25) is 0 Å². The van der Waals surface area contributed by atoms with Crippen LogP contribution in [0.5, 0.6) is 5.75 Å². The minimum atomic E-state index is -0.441. The van der Waals surface area contributed by atoms with Crippen LogP contribution in [0.3, 0.4) is 0 Å². The van der Waals surface area contributed by atoms with Crippen LogP contribution in [-0.2, 0) is 6.54 Å². The van der Waals surface area contributed by atoms with E-state index in [-0.39, 0.29) is 0 Å². The van der Waals surface area contributed by atoms with Gasteiger partial charge < -0.3 is 15.2 Å². The van der Waals surface area contributed by atoms with Gasteiger partial charge in [-0.3, -0.25) is 0 Å². The van der Waals surface area contributed by atoms with Gasteiger partial charge in [-0.05, 0) is 36.2 Å². The van der Waals surface area contributed by atoms with Crippen LogP contribution in [0.15, 0.2) is 54.6 Å². The number of aliphatic hydroxyl groups is 1. The van der Waals surface area contributed by atoms with Crippen molar-refractivity contribution in [2.45, 2.75) is 19.1 Å². The molecule has 0 aromatic heterocycles. The first-order valence-corrected chi connectivity index (χ1v) is 6.86. The molecular weight excluding hydrogens is 250 g/mol. The Kier molecular flexibility index (Phi) is 5.59. The average molecular weight is 271 g/mol. The van der Waals surface area contributed by atoms with Crippen molar-refractivity contribution in [1.29, 1.82) is 0 Å². The van der Waals surface area contributed by atoms with Gasteiger partial charge in [0.15, 0.2) is 0 Å². The molecule has 2 N–H and O–H groups in total. The number of hydrogen-bond acceptors (Lipinski definition) is 3. The van der Waals surface area contributed by atoms with Crippen LogP contribution in [0.25, 0.3) is 0 Å². The Bertz CT molecular complexity index is 496. The molecule has 2 rings (SSSR count). The van der Waals surface area contributed by atoms with Crippen molar-refractivity contribution in [3.63, 3.8) is 0 Å². The van der Waals surface area contributed by atoms with E-state index in [1.807, 2.05) is 42.5 Å². The zero-order chi connectivity index (χ0) is 14.2. The first kappa shape index (κ1) is 14.6. The Hall–Kier alpha value is -1.84. The fourth-order valence-corrected chi connectivity index (χ4v) is 2.06. The monoisotopic (exact) mass is 271 g/mol. The highest BCUT2D eigenvalue weighted by atomic mass is 16.5. The highest BCUT2D eigenvalue weighted by Gasteiger charge is 2.06. The summed E-state index contributed by atoms with van der Waals surface area (Å²) in [6.07, 6.45) is 0.253. The molecule has 106 valence electrons. The van der Waals surface area contributed by atoms with E-state index in [0.29, 0.717) is 6.42 Å². The summed E-state index contributed by atoms with van der Waals surface area (Å²) in [4.78, 5) is 0. The van der Waals surface area contributed by atoms with E-state index < -0.39 is 6.10 Å². The molecule has 20 heavy (non-hydrogen) atoms. The highest BCUT2D eigenvalue weighted by molar-refractivity contribution is 5.28. The van der Waals surface area contributed by atoms with Gasteiger partial charge in [-0.2, -0.15) is 0 Å². The standard InChI is InChI=1S/C17H21NO2/c1-20-16-9-7-15(8-10-16)17(19)11-12-18-13-14-5-3-2-4-6-14/h2-10,17-19H,11-13H2,1H3/t17-/m0/s1. The molecule has 0 fully saturated rings. The fraction of sp³-hybridized carbons (Fsp3) is 0.294. The summed E-state index contributed by atoms with van der Waals surface area (Å²) in [5.41, 5.74) is 2.18. The third-order valence-corrected chi connectivity index (χ3v) is 3.27. The van der Waals surface area contributed by atoms with E-state index in [1.165, 1.54) is 5.56 Å². The molecule has 0 heterocycles. The lowest BCUT2D eigenvalue weighted by Crippen LogP contribution is -2.17. The topological polar surface area (TPSA) is 41.5 Å². The van der Waals surface area contributed by atoms with Gasteiger partial charge in [-0.25, -0.2) is 0 Å². The largest absolute Gasteiger partial charge is 0.497 e. The predicted molar refractivity (Wildman–Crippen MR) is 80.7 cm³/mol. The number of methoxy groups -OCH3 is 1. The second kappa shape index (κ2) is 7.68. The van der Waals surface area contributed by atoms with Gasteiger partial charge in [0, 0.05) is 6.54 Å². The number of benzene rings is 2. The summed E-state index contributed by atoms with van der Waals surface area (Å²) in [6.45, 7) is 1.61. The molecule has 0 aliphatic carbocycles. The third-order valence-electron chi connectivity index (χ3n) is 3.27. The van der Waals surface area contributed by atoms with E-state index >= 15 is 0 Å². The average Bonchev–Trinajstić information content (AvgIpc) is 2.52. The predicted octanol–water partition coefficient (Wildman–Crippen LogP) is 2.91. The highest BCUT2D eigenvalue weighted by Crippen LogP contribution is 2.19. The minimum absolute atomic E-state index is 0.441. The maximum atomic E-state index is 10.1. The van der Waals surface area contributed by atoms with Crippen molar-refractivity contribution < 1.29 is 9.84 Å². The van der Waals surface area contributed by atoms with E-state index in [2.05, 4.69) is 17.4 Å². The molecule has 0 radical (unpaired) electrons. The molecule has 0 bridgehead atoms. The lowest BCUT2D eigenvalue weighted by atomic mass is 10.1. The van der Waals surface area contributed by atoms with Crippen molar-refractivity contribution in [3.8, 4) is 5.75 Å². The first-order chi connectivity index (χ1) is 9.79. The van der Waals surface area contributed by atoms with E-state index in [0.717, 1.165) is 24.4 Å². The lowest BCUT2D eigenvalue weighted by Gasteiger charge is -2.12. The van der Waals surface area contributed by atoms with Crippen molar-refractivity contribution in [3.05, 3.63) is 65.7 Å². The van der Waals surface area contributed by atoms with Crippen molar-refractivity contribution in [2.24, 2.45) is 0 Å². The fourth-order valence-electron chi connectivity index (χ4n) is 2.06. The van der Waals surface area contributed by atoms with E-state index in [4.69, 9.17) is 4.74 Å². The summed E-state index contributed by atoms with van der Waals surface area (Å²) in [7, 11) is 1.64. The number of hydrogen-bond donors (Lipinski definition) is 2. The molecular formula is C17H21NO2. The number of nitrogens with one attached hydrogen (secondary N) is 1. The second-order valence-electron chi connectivity index (χ2n) is 4.74. The normalized spacial score (nSPS) is 12.1. The maximum Gasteiger partial charge on any atom is 0.118 e. The SMILES string of the molecule is COc1ccc([C@@H](O)CCNCc2ccccc2)cc1. The van der Waals surface area contributed by atoms with Crippen molar-refractivity contribution >= 4 is 0 Å². The summed E-state index contributed by atoms with van der Waals surface area (Å²) in [5.74, 6) is 0.808. The van der Waals surface area contributed by atoms with Gasteiger partial charge in [-0.1, -0.05) is 42.5 Å². The second-order valence-corrected chi connectivity index (χ2v) is 4.74. The zero-order valence-corrected chi connectivity index (χ0v) is 11.8. The van der Waals surface area contributed by atoms with Crippen LogP contribution in [-0.4, -0.2) is 18.8 Å². The number of aliphatic hydroxyl groups excluding tert-OH is 1. The van der Waals surface area contributed by atoms with Crippen LogP contribution < -0.4 is 10.1 Å². The number of ether oxygens (including phenoxy) is 1. The van der Waals surface area contributed by atoms with Gasteiger partial charge in [-0.15, -0.1) is 0 Å². The molecule has 3 heteroatoms. The molecule has 0 amide bonds. The lowest BCUT2D eigenvalue weighted by molar-refractivity contribution is 0.166. The van der Waals surface area contributed by atoms with E-state index in [9.17, 15) is 5.11 Å². The Labute approximate surface area is 120 Å². The molecule has 2 aromatic carbocycles. The van der Waals surface area contributed by atoms with Crippen LogP contribution in [0, 0.1) is 0 Å². The van der Waals surface area contributed by atoms with Crippen LogP contribution in [0.1, 0.15) is 23.7 Å². The smallest absolute Gasteiger partial charge is 0.118 e. The van der Waals surface area contributed by atoms with Gasteiger partial charge in [0.25, 0.3) is 0 Å². The Morgan fingerprint density at radius 1 is 1.05 bits per heavy atom. The molecule has 1 atom stereocenters. The Balaban J connectivity index is 1.73. The van der Waals surface area contributed by atoms with Gasteiger partial charge >= 0.3 is 0 Å². The van der Waals surface area contributed by atoms with Gasteiger partial charge in [0.05, 0.1) is 13.2 Å². The molecule has 0 saturated carbocycles. The number of rotatable bonds is 7. The van der Waals surface area contributed by atoms with E-state index in [1.54, 1.807) is 7.11 Å². The molecule has 0 aliphatic heterocycles. The molecule has 3 nitrogen and oxygen atoms in total. The zero-order valence-electron chi connectivity index (χ0n) is 11.8. The molecule has 0 spiro atoms. The molecule has 0 aliphatic rings. The summed E-state index contributed by atoms with van der Waals surface area (Å²) in [5, 5.41) is 13.4. The molecule has 0 unspecified atom stereocenters. The summed E-state index contributed by atoms with van der Waals surface area (Å²) < 4.78 is 5.10. The van der Waals surface area contributed by atoms with Gasteiger partial charge in [0.2, 0.25) is 0 Å². The first-order valence-electron chi connectivity index (χ1n) is 6.86. The third kappa shape index (κ3) is 4.37. The van der Waals surface area contributed by atoms with Crippen LogP contribution in [0.4, 0.5) is 0 Å². The van der Waals surface area contributed by atoms with Crippen molar-refractivity contribution in [2.75, 3.05) is 13.7 Å². The minimum Gasteiger partial charge on any atom is -0.497 e. The quantitative estimate of drug-likeness (QED) is 0.761. The summed E-state index contributed by atoms with van der Waals surface area (Å²) in [6, 6.07) is 17.8. The van der Waals surface area contributed by atoms with Gasteiger partial charge in [0.1, 0.15) is 5.75 Å². The van der Waals surface area contributed by atoms with Crippen molar-refractivity contribution in [1.82, 2.24) is 5.32 Å². The molecule has 0 saturated heterocycles. The van der Waals surface area contributed by atoms with Crippen LogP contribution >= 0.6 is 0 Å². The maximum absolute atomic E-state index is 10.1. The summed E-state index contributed by atoms with van der Waals surface area (Å²) >= 11 is 0. The Morgan fingerprint density at radius 3 is 2.40 bits per heavy atom. The Morgan fingerprint density at radius 2 is 1.75 bits per heavy atom. The molecule has 2 aromatic rings.